The second kappa shape index (κ2) is 5.72. The Bertz CT molecular complexity index is 803. The molecule has 1 aromatic carbocycles. The van der Waals surface area contributed by atoms with E-state index in [0.717, 1.165) is 20.7 Å². The summed E-state index contributed by atoms with van der Waals surface area (Å²) in [6, 6.07) is 7.70. The highest BCUT2D eigenvalue weighted by Gasteiger charge is 2.19. The third kappa shape index (κ3) is 2.55. The first-order valence-corrected chi connectivity index (χ1v) is 6.62. The van der Waals surface area contributed by atoms with E-state index in [1.54, 1.807) is 6.20 Å². The van der Waals surface area contributed by atoms with Gasteiger partial charge in [0.15, 0.2) is 5.84 Å². The molecular formula is C13H15N7O2. The molecule has 0 fully saturated rings. The number of hydrogen-bond donors (Lipinski definition) is 2. The maximum Gasteiger partial charge on any atom is 0.369 e. The van der Waals surface area contributed by atoms with Crippen molar-refractivity contribution in [2.24, 2.45) is 12.1 Å². The van der Waals surface area contributed by atoms with Crippen LogP contribution in [0.5, 0.6) is 5.75 Å². The van der Waals surface area contributed by atoms with Crippen LogP contribution in [0.4, 0.5) is 0 Å². The molecule has 2 N–H and O–H groups in total. The minimum Gasteiger partial charge on any atom is -0.488 e. The molecule has 0 saturated carbocycles. The van der Waals surface area contributed by atoms with E-state index < -0.39 is 0 Å². The monoisotopic (exact) mass is 301 g/mol. The van der Waals surface area contributed by atoms with Crippen LogP contribution in [0.2, 0.25) is 0 Å². The summed E-state index contributed by atoms with van der Waals surface area (Å²) in [5, 5.41) is 11.5. The van der Waals surface area contributed by atoms with Gasteiger partial charge in [0.25, 0.3) is 0 Å². The lowest BCUT2D eigenvalue weighted by molar-refractivity contribution is 0.352. The zero-order valence-electron chi connectivity index (χ0n) is 12.1. The zero-order valence-corrected chi connectivity index (χ0v) is 12.1. The molecule has 0 saturated heterocycles. The van der Waals surface area contributed by atoms with Gasteiger partial charge in [-0.15, -0.1) is 9.78 Å². The van der Waals surface area contributed by atoms with E-state index in [4.69, 9.17) is 4.74 Å². The summed E-state index contributed by atoms with van der Waals surface area (Å²) >= 11 is 0. The second-order valence-electron chi connectivity index (χ2n) is 4.71. The van der Waals surface area contributed by atoms with Crippen molar-refractivity contribution in [3.8, 4) is 5.75 Å². The molecule has 0 bridgehead atoms. The van der Waals surface area contributed by atoms with Crippen LogP contribution in [-0.4, -0.2) is 32.2 Å². The van der Waals surface area contributed by atoms with Gasteiger partial charge >= 0.3 is 5.69 Å². The number of aryl methyl sites for hydroxylation is 2. The Morgan fingerprint density at radius 2 is 2.09 bits per heavy atom. The number of aromatic nitrogens is 4. The van der Waals surface area contributed by atoms with E-state index >= 15 is 0 Å². The fourth-order valence-electron chi connectivity index (χ4n) is 1.95. The van der Waals surface area contributed by atoms with Gasteiger partial charge in [-0.05, 0) is 29.0 Å². The molecule has 2 heterocycles. The Morgan fingerprint density at radius 3 is 2.82 bits per heavy atom. The van der Waals surface area contributed by atoms with E-state index in [0.29, 0.717) is 11.4 Å². The Kier molecular flexibility index (Phi) is 3.60. The van der Waals surface area contributed by atoms with Crippen molar-refractivity contribution >= 4 is 5.84 Å². The van der Waals surface area contributed by atoms with Crippen LogP contribution in [0.3, 0.4) is 0 Å². The van der Waals surface area contributed by atoms with E-state index in [1.807, 2.05) is 31.2 Å². The summed E-state index contributed by atoms with van der Waals surface area (Å²) in [7, 11) is 1.52. The van der Waals surface area contributed by atoms with Gasteiger partial charge in [-0.25, -0.2) is 10.3 Å². The van der Waals surface area contributed by atoms with Gasteiger partial charge < -0.3 is 4.74 Å². The Hall–Kier alpha value is -3.10. The molecule has 1 aliphatic rings. The standard InChI is InChI=1S/C13H15N7O2/c1-9-5-3-4-6-11(9)22-8-10-7-14-16-15-12(10)20-13(21)19(2)17-18-20/h3-7,14,16H,8H2,1-2H3. The van der Waals surface area contributed by atoms with Crippen molar-refractivity contribution in [2.45, 2.75) is 6.92 Å². The highest BCUT2D eigenvalue weighted by molar-refractivity contribution is 5.99. The zero-order chi connectivity index (χ0) is 15.5. The lowest BCUT2D eigenvalue weighted by Gasteiger charge is -2.16. The van der Waals surface area contributed by atoms with Crippen LogP contribution in [0, 0.1) is 6.92 Å². The normalized spacial score (nSPS) is 13.7. The first-order valence-electron chi connectivity index (χ1n) is 6.62. The maximum absolute atomic E-state index is 11.9. The fourth-order valence-corrected chi connectivity index (χ4v) is 1.95. The second-order valence-corrected chi connectivity index (χ2v) is 4.71. The summed E-state index contributed by atoms with van der Waals surface area (Å²) in [5.74, 6) is 1.11. The van der Waals surface area contributed by atoms with E-state index in [9.17, 15) is 4.79 Å². The lowest BCUT2D eigenvalue weighted by atomic mass is 10.2. The Morgan fingerprint density at radius 1 is 1.27 bits per heavy atom. The van der Waals surface area contributed by atoms with Crippen molar-refractivity contribution < 1.29 is 4.74 Å². The molecule has 0 spiro atoms. The molecule has 0 unspecified atom stereocenters. The average molecular weight is 301 g/mol. The van der Waals surface area contributed by atoms with Crippen molar-refractivity contribution in [3.63, 3.8) is 0 Å². The van der Waals surface area contributed by atoms with Crippen molar-refractivity contribution in [1.29, 1.82) is 0 Å². The van der Waals surface area contributed by atoms with Gasteiger partial charge in [-0.1, -0.05) is 18.2 Å². The molecule has 9 nitrogen and oxygen atoms in total. The number of hydrogen-bond acceptors (Lipinski definition) is 7. The number of benzene rings is 1. The summed E-state index contributed by atoms with van der Waals surface area (Å²) in [5.41, 5.74) is 6.65. The summed E-state index contributed by atoms with van der Waals surface area (Å²) in [6.07, 6.45) is 1.67. The van der Waals surface area contributed by atoms with Crippen LogP contribution in [0.15, 0.2) is 45.9 Å². The Labute approximate surface area is 125 Å². The molecule has 0 radical (unpaired) electrons. The lowest BCUT2D eigenvalue weighted by Crippen LogP contribution is -2.39. The molecule has 114 valence electrons. The van der Waals surface area contributed by atoms with Gasteiger partial charge in [0.05, 0.1) is 5.57 Å². The number of ether oxygens (including phenoxy) is 1. The van der Waals surface area contributed by atoms with E-state index in [-0.39, 0.29) is 12.3 Å². The number of hydrazine groups is 1. The predicted molar refractivity (Wildman–Crippen MR) is 79.1 cm³/mol. The quantitative estimate of drug-likeness (QED) is 0.794. The number of rotatable bonds is 3. The third-order valence-electron chi connectivity index (χ3n) is 3.16. The minimum absolute atomic E-state index is 0.237. The van der Waals surface area contributed by atoms with Crippen molar-refractivity contribution in [2.75, 3.05) is 6.61 Å². The first-order chi connectivity index (χ1) is 10.7. The molecule has 1 aromatic heterocycles. The number of hydrazone groups is 1. The van der Waals surface area contributed by atoms with E-state index in [2.05, 4.69) is 26.5 Å². The summed E-state index contributed by atoms with van der Waals surface area (Å²) in [6.45, 7) is 2.20. The van der Waals surface area contributed by atoms with Gasteiger partial charge in [-0.2, -0.15) is 4.68 Å². The molecule has 9 heteroatoms. The van der Waals surface area contributed by atoms with Gasteiger partial charge in [0, 0.05) is 13.2 Å². The summed E-state index contributed by atoms with van der Waals surface area (Å²) in [4.78, 5) is 11.9. The SMILES string of the molecule is Cc1ccccc1OCC1=CNNN=C1n1nnn(C)c1=O. The van der Waals surface area contributed by atoms with Crippen LogP contribution < -0.4 is 21.4 Å². The Balaban J connectivity index is 1.82. The molecule has 0 aliphatic carbocycles. The van der Waals surface area contributed by atoms with Gasteiger partial charge in [0.2, 0.25) is 0 Å². The number of para-hydroxylation sites is 1. The molecule has 22 heavy (non-hydrogen) atoms. The van der Waals surface area contributed by atoms with Crippen LogP contribution in [0.25, 0.3) is 0 Å². The number of tetrazole rings is 1. The van der Waals surface area contributed by atoms with Gasteiger partial charge in [0.1, 0.15) is 12.4 Å². The number of nitrogens with zero attached hydrogens (tertiary/aromatic N) is 5. The topological polar surface area (TPSA) is 98.4 Å². The highest BCUT2D eigenvalue weighted by atomic mass is 16.5. The molecular weight excluding hydrogens is 286 g/mol. The molecule has 3 rings (SSSR count). The number of nitrogens with one attached hydrogen (secondary N) is 2. The molecule has 0 atom stereocenters. The van der Waals surface area contributed by atoms with Crippen LogP contribution in [-0.2, 0) is 7.05 Å². The minimum atomic E-state index is -0.385. The van der Waals surface area contributed by atoms with E-state index in [1.165, 1.54) is 7.05 Å². The predicted octanol–water partition coefficient (Wildman–Crippen LogP) is -0.482. The molecule has 0 amide bonds. The van der Waals surface area contributed by atoms with Crippen molar-refractivity contribution in [1.82, 2.24) is 30.8 Å². The average Bonchev–Trinajstić information content (AvgIpc) is 2.86. The third-order valence-corrected chi connectivity index (χ3v) is 3.16. The van der Waals surface area contributed by atoms with Crippen LogP contribution >= 0.6 is 0 Å². The summed E-state index contributed by atoms with van der Waals surface area (Å²) < 4.78 is 8.03. The molecule has 2 aromatic rings. The first kappa shape index (κ1) is 13.9. The van der Waals surface area contributed by atoms with Crippen molar-refractivity contribution in [3.05, 3.63) is 52.1 Å². The smallest absolute Gasteiger partial charge is 0.369 e. The molecule has 1 aliphatic heterocycles. The van der Waals surface area contributed by atoms with Gasteiger partial charge in [-0.3, -0.25) is 5.43 Å². The van der Waals surface area contributed by atoms with Crippen LogP contribution in [0.1, 0.15) is 5.56 Å². The fraction of sp³-hybridized carbons (Fsp3) is 0.231. The highest BCUT2D eigenvalue weighted by Crippen LogP contribution is 2.17. The largest absolute Gasteiger partial charge is 0.488 e. The maximum atomic E-state index is 11.9.